The second-order valence-corrected chi connectivity index (χ2v) is 9.16. The highest BCUT2D eigenvalue weighted by molar-refractivity contribution is 7.89. The van der Waals surface area contributed by atoms with Gasteiger partial charge in [-0.15, -0.1) is 11.3 Å². The number of sulfonamides is 1. The lowest BCUT2D eigenvalue weighted by molar-refractivity contribution is -0.387. The third kappa shape index (κ3) is 3.64. The van der Waals surface area contributed by atoms with Crippen LogP contribution in [0.5, 0.6) is 0 Å². The van der Waals surface area contributed by atoms with Gasteiger partial charge in [0.15, 0.2) is 10.0 Å². The summed E-state index contributed by atoms with van der Waals surface area (Å²) in [6, 6.07) is 6.78. The fourth-order valence-corrected chi connectivity index (χ4v) is 5.63. The Balaban J connectivity index is 1.57. The first-order chi connectivity index (χ1) is 13.9. The third-order valence-electron chi connectivity index (χ3n) is 4.38. The van der Waals surface area contributed by atoms with E-state index in [1.807, 2.05) is 0 Å². The van der Waals surface area contributed by atoms with E-state index in [9.17, 15) is 23.3 Å². The molecule has 10 nitrogen and oxygen atoms in total. The first-order valence-corrected chi connectivity index (χ1v) is 10.7. The van der Waals surface area contributed by atoms with Gasteiger partial charge < -0.3 is 4.42 Å². The molecule has 150 valence electrons. The van der Waals surface area contributed by atoms with E-state index in [0.29, 0.717) is 27.7 Å². The molecule has 3 aromatic rings. The van der Waals surface area contributed by atoms with Crippen LogP contribution in [0.2, 0.25) is 0 Å². The molecule has 29 heavy (non-hydrogen) atoms. The molecule has 4 rings (SSSR count). The predicted octanol–water partition coefficient (Wildman–Crippen LogP) is 2.64. The van der Waals surface area contributed by atoms with E-state index in [-0.39, 0.29) is 23.9 Å². The summed E-state index contributed by atoms with van der Waals surface area (Å²) < 4.78 is 32.0. The van der Waals surface area contributed by atoms with Crippen molar-refractivity contribution in [1.82, 2.24) is 9.29 Å². The fraction of sp³-hybridized carbons (Fsp3) is 0.176. The smallest absolute Gasteiger partial charge is 0.289 e. The number of para-hydroxylation sites is 1. The number of furan rings is 1. The van der Waals surface area contributed by atoms with Crippen LogP contribution in [0, 0.1) is 10.1 Å². The maximum Gasteiger partial charge on any atom is 0.289 e. The van der Waals surface area contributed by atoms with Gasteiger partial charge in [-0.1, -0.05) is 12.1 Å². The number of nitrogens with one attached hydrogen (secondary N) is 1. The summed E-state index contributed by atoms with van der Waals surface area (Å²) >= 11 is 1.17. The average molecular weight is 434 g/mol. The molecule has 0 saturated heterocycles. The number of nitro benzene ring substituents is 1. The molecular weight excluding hydrogens is 420 g/mol. The fourth-order valence-electron chi connectivity index (χ4n) is 2.96. The zero-order chi connectivity index (χ0) is 20.6. The number of nitrogens with zero attached hydrogens (tertiary/aromatic N) is 3. The standard InChI is InChI=1S/C17H14N4O6S2/c22-16(11-6-8-27-10-11)19-17-18-12-5-7-20(9-14(12)28-17)29(25,26)15-4-2-1-3-13(15)21(23)24/h1-4,6,8,10H,5,7,9H2,(H,18,19,22). The molecule has 1 amide bonds. The van der Waals surface area contributed by atoms with Crippen LogP contribution in [-0.2, 0) is 23.0 Å². The van der Waals surface area contributed by atoms with Crippen molar-refractivity contribution < 1.29 is 22.6 Å². The van der Waals surface area contributed by atoms with Crippen molar-refractivity contribution in [2.24, 2.45) is 0 Å². The van der Waals surface area contributed by atoms with Crippen LogP contribution in [0.4, 0.5) is 10.8 Å². The number of hydrogen-bond donors (Lipinski definition) is 1. The van der Waals surface area contributed by atoms with Crippen LogP contribution in [0.1, 0.15) is 20.9 Å². The molecule has 1 N–H and O–H groups in total. The number of benzene rings is 1. The molecule has 0 radical (unpaired) electrons. The number of anilines is 1. The molecule has 1 aromatic carbocycles. The number of rotatable bonds is 5. The van der Waals surface area contributed by atoms with Crippen LogP contribution in [0.25, 0.3) is 0 Å². The summed E-state index contributed by atoms with van der Waals surface area (Å²) in [7, 11) is -4.06. The number of fused-ring (bicyclic) bond motifs is 1. The monoisotopic (exact) mass is 434 g/mol. The highest BCUT2D eigenvalue weighted by Crippen LogP contribution is 2.33. The molecule has 1 aliphatic rings. The number of amides is 1. The van der Waals surface area contributed by atoms with Gasteiger partial charge in [-0.05, 0) is 12.1 Å². The molecule has 12 heteroatoms. The van der Waals surface area contributed by atoms with Crippen molar-refractivity contribution in [3.8, 4) is 0 Å². The quantitative estimate of drug-likeness (QED) is 0.481. The zero-order valence-electron chi connectivity index (χ0n) is 14.8. The minimum atomic E-state index is -4.06. The Bertz CT molecular complexity index is 1190. The number of carbonyl (C=O) groups excluding carboxylic acids is 1. The van der Waals surface area contributed by atoms with Gasteiger partial charge in [0.1, 0.15) is 6.26 Å². The summed E-state index contributed by atoms with van der Waals surface area (Å²) in [6.45, 7) is 0.170. The van der Waals surface area contributed by atoms with Gasteiger partial charge in [0, 0.05) is 23.9 Å². The van der Waals surface area contributed by atoms with Gasteiger partial charge in [0.05, 0.1) is 29.0 Å². The van der Waals surface area contributed by atoms with Gasteiger partial charge in [-0.25, -0.2) is 13.4 Å². The highest BCUT2D eigenvalue weighted by Gasteiger charge is 2.34. The van der Waals surface area contributed by atoms with Gasteiger partial charge in [0.2, 0.25) is 10.0 Å². The largest absolute Gasteiger partial charge is 0.472 e. The predicted molar refractivity (Wildman–Crippen MR) is 103 cm³/mol. The second-order valence-electron chi connectivity index (χ2n) is 6.17. The Labute approximate surface area is 169 Å². The molecule has 3 heterocycles. The summed E-state index contributed by atoms with van der Waals surface area (Å²) in [5.74, 6) is -0.380. The van der Waals surface area contributed by atoms with Crippen molar-refractivity contribution in [2.45, 2.75) is 17.9 Å². The van der Waals surface area contributed by atoms with Gasteiger partial charge in [-0.2, -0.15) is 4.31 Å². The minimum absolute atomic E-state index is 0.0307. The summed E-state index contributed by atoms with van der Waals surface area (Å²) in [4.78, 5) is 27.3. The number of carbonyl (C=O) groups is 1. The lowest BCUT2D eigenvalue weighted by Gasteiger charge is -2.25. The SMILES string of the molecule is O=C(Nc1nc2c(s1)CN(S(=O)(=O)c1ccccc1[N+](=O)[O-])CC2)c1ccoc1. The Hall–Kier alpha value is -3.09. The maximum absolute atomic E-state index is 13.0. The van der Waals surface area contributed by atoms with Crippen LogP contribution >= 0.6 is 11.3 Å². The molecule has 0 spiro atoms. The van der Waals surface area contributed by atoms with E-state index in [4.69, 9.17) is 4.42 Å². The van der Waals surface area contributed by atoms with Gasteiger partial charge >= 0.3 is 0 Å². The first-order valence-electron chi connectivity index (χ1n) is 8.42. The normalized spacial score (nSPS) is 14.3. The first kappa shape index (κ1) is 19.2. The topological polar surface area (TPSA) is 136 Å². The number of thiazole rings is 1. The van der Waals surface area contributed by atoms with E-state index in [1.54, 1.807) is 0 Å². The van der Waals surface area contributed by atoms with Crippen LogP contribution in [-0.4, -0.2) is 35.1 Å². The van der Waals surface area contributed by atoms with E-state index in [0.717, 1.165) is 0 Å². The van der Waals surface area contributed by atoms with Crippen LogP contribution in [0.15, 0.2) is 52.2 Å². The molecule has 0 fully saturated rings. The number of hydrogen-bond acceptors (Lipinski definition) is 8. The molecule has 0 unspecified atom stereocenters. The summed E-state index contributed by atoms with van der Waals surface area (Å²) in [6.07, 6.45) is 3.03. The molecular formula is C17H14N4O6S2. The minimum Gasteiger partial charge on any atom is -0.472 e. The second kappa shape index (κ2) is 7.39. The molecule has 2 aromatic heterocycles. The Morgan fingerprint density at radius 1 is 1.31 bits per heavy atom. The van der Waals surface area contributed by atoms with Crippen molar-refractivity contribution >= 4 is 38.1 Å². The highest BCUT2D eigenvalue weighted by atomic mass is 32.2. The Kier molecular flexibility index (Phi) is 4.90. The summed E-state index contributed by atoms with van der Waals surface area (Å²) in [5, 5.41) is 14.2. The van der Waals surface area contributed by atoms with Crippen molar-refractivity contribution in [3.05, 3.63) is 69.1 Å². The van der Waals surface area contributed by atoms with E-state index in [2.05, 4.69) is 10.3 Å². The van der Waals surface area contributed by atoms with Crippen LogP contribution in [0.3, 0.4) is 0 Å². The Morgan fingerprint density at radius 2 is 2.10 bits per heavy atom. The van der Waals surface area contributed by atoms with Crippen molar-refractivity contribution in [2.75, 3.05) is 11.9 Å². The molecule has 0 bridgehead atoms. The molecule has 0 atom stereocenters. The van der Waals surface area contributed by atoms with Crippen molar-refractivity contribution in [1.29, 1.82) is 0 Å². The van der Waals surface area contributed by atoms with Gasteiger partial charge in [-0.3, -0.25) is 20.2 Å². The molecule has 0 saturated carbocycles. The Morgan fingerprint density at radius 3 is 2.83 bits per heavy atom. The third-order valence-corrected chi connectivity index (χ3v) is 7.27. The van der Waals surface area contributed by atoms with E-state index in [1.165, 1.54) is 58.5 Å². The maximum atomic E-state index is 13.0. The lowest BCUT2D eigenvalue weighted by Crippen LogP contribution is -2.35. The van der Waals surface area contributed by atoms with E-state index >= 15 is 0 Å². The molecule has 1 aliphatic heterocycles. The lowest BCUT2D eigenvalue weighted by atomic mass is 10.2. The van der Waals surface area contributed by atoms with Crippen molar-refractivity contribution in [3.63, 3.8) is 0 Å². The molecule has 0 aliphatic carbocycles. The number of nitro groups is 1. The van der Waals surface area contributed by atoms with E-state index < -0.39 is 20.6 Å². The average Bonchev–Trinajstić information content (AvgIpc) is 3.36. The summed E-state index contributed by atoms with van der Waals surface area (Å²) in [5.41, 5.74) is 0.584. The van der Waals surface area contributed by atoms with Gasteiger partial charge in [0.25, 0.3) is 11.6 Å². The number of aromatic nitrogens is 1. The zero-order valence-corrected chi connectivity index (χ0v) is 16.4. The van der Waals surface area contributed by atoms with Crippen LogP contribution < -0.4 is 5.32 Å².